The molecule has 0 aliphatic rings. The molecule has 8 heteroatoms. The Bertz CT molecular complexity index is 649. The summed E-state index contributed by atoms with van der Waals surface area (Å²) in [5, 5.41) is 8.27. The fourth-order valence-electron chi connectivity index (χ4n) is 1.73. The maximum Gasteiger partial charge on any atom is 0.265 e. The molecule has 2 rings (SSSR count). The van der Waals surface area contributed by atoms with E-state index in [-0.39, 0.29) is 5.75 Å². The molecule has 0 fully saturated rings. The molecule has 0 unspecified atom stereocenters. The first-order valence-corrected chi connectivity index (χ1v) is 7.36. The van der Waals surface area contributed by atoms with Crippen LogP contribution in [0, 0.1) is 0 Å². The summed E-state index contributed by atoms with van der Waals surface area (Å²) < 4.78 is 33.2. The van der Waals surface area contributed by atoms with Crippen LogP contribution >= 0.6 is 0 Å². The zero-order chi connectivity index (χ0) is 13.9. The lowest BCUT2D eigenvalue weighted by atomic mass is 10.2. The molecule has 0 atom stereocenters. The Morgan fingerprint density at radius 2 is 2.21 bits per heavy atom. The average molecular weight is 283 g/mol. The second-order valence-electron chi connectivity index (χ2n) is 4.16. The monoisotopic (exact) mass is 283 g/mol. The molecule has 0 bridgehead atoms. The van der Waals surface area contributed by atoms with Gasteiger partial charge in [0.25, 0.3) is 10.1 Å². The van der Waals surface area contributed by atoms with Crippen LogP contribution in [0.3, 0.4) is 0 Å². The summed E-state index contributed by atoms with van der Waals surface area (Å²) in [5.74, 6) is -0.259. The van der Waals surface area contributed by atoms with Crippen LogP contribution in [0.1, 0.15) is 6.42 Å². The minimum atomic E-state index is -3.90. The highest BCUT2D eigenvalue weighted by Gasteiger charge is 2.10. The summed E-state index contributed by atoms with van der Waals surface area (Å²) in [6.07, 6.45) is 5.50. The standard InChI is InChI=1S/C11H14N4O3S/c1-14-11(3-5-12-14)10-4-7-15(13-9-10)6-2-8-19(16,17)18/h3-5,7,9H,2,6,8H2,1H3/p+1. The predicted molar refractivity (Wildman–Crippen MR) is 67.7 cm³/mol. The van der Waals surface area contributed by atoms with Gasteiger partial charge in [0.2, 0.25) is 0 Å². The Kier molecular flexibility index (Phi) is 3.91. The Morgan fingerprint density at radius 1 is 1.42 bits per heavy atom. The Morgan fingerprint density at radius 3 is 2.74 bits per heavy atom. The van der Waals surface area contributed by atoms with Gasteiger partial charge >= 0.3 is 0 Å². The highest BCUT2D eigenvalue weighted by molar-refractivity contribution is 7.85. The number of aromatic nitrogens is 4. The van der Waals surface area contributed by atoms with Crippen molar-refractivity contribution in [3.8, 4) is 11.3 Å². The van der Waals surface area contributed by atoms with E-state index in [9.17, 15) is 8.42 Å². The van der Waals surface area contributed by atoms with Crippen LogP contribution in [0.25, 0.3) is 11.3 Å². The van der Waals surface area contributed by atoms with Gasteiger partial charge < -0.3 is 0 Å². The van der Waals surface area contributed by atoms with Gasteiger partial charge in [0.15, 0.2) is 12.7 Å². The molecule has 0 radical (unpaired) electrons. The molecule has 0 amide bonds. The molecule has 0 aliphatic carbocycles. The quantitative estimate of drug-likeness (QED) is 0.618. The van der Waals surface area contributed by atoms with Crippen molar-refractivity contribution >= 4 is 10.1 Å². The molecular weight excluding hydrogens is 268 g/mol. The smallest absolute Gasteiger partial charge is 0.265 e. The predicted octanol–water partition coefficient (Wildman–Crippen LogP) is 0.0475. The van der Waals surface area contributed by atoms with Crippen molar-refractivity contribution < 1.29 is 17.7 Å². The second-order valence-corrected chi connectivity index (χ2v) is 5.73. The summed E-state index contributed by atoms with van der Waals surface area (Å²) in [6.45, 7) is 0.436. The number of nitrogens with zero attached hydrogens (tertiary/aromatic N) is 4. The van der Waals surface area contributed by atoms with Crippen LogP contribution in [0.4, 0.5) is 0 Å². The van der Waals surface area contributed by atoms with Crippen LogP contribution in [0.15, 0.2) is 30.7 Å². The van der Waals surface area contributed by atoms with Crippen molar-refractivity contribution in [2.75, 3.05) is 5.75 Å². The minimum absolute atomic E-state index is 0.259. The van der Waals surface area contributed by atoms with Crippen LogP contribution < -0.4 is 4.68 Å². The van der Waals surface area contributed by atoms with Crippen molar-refractivity contribution in [3.05, 3.63) is 30.7 Å². The third kappa shape index (κ3) is 3.83. The first kappa shape index (κ1) is 13.6. The van der Waals surface area contributed by atoms with E-state index < -0.39 is 10.1 Å². The zero-order valence-corrected chi connectivity index (χ0v) is 11.3. The van der Waals surface area contributed by atoms with Crippen molar-refractivity contribution in [1.29, 1.82) is 0 Å². The van der Waals surface area contributed by atoms with Crippen molar-refractivity contribution in [2.45, 2.75) is 13.0 Å². The summed E-state index contributed by atoms with van der Waals surface area (Å²) in [7, 11) is -2.05. The van der Waals surface area contributed by atoms with Gasteiger partial charge in [-0.15, -0.1) is 0 Å². The van der Waals surface area contributed by atoms with Gasteiger partial charge in [-0.25, -0.2) is 0 Å². The van der Waals surface area contributed by atoms with E-state index in [0.29, 0.717) is 13.0 Å². The molecule has 2 heterocycles. The van der Waals surface area contributed by atoms with Crippen LogP contribution in [-0.4, -0.2) is 33.6 Å². The summed E-state index contributed by atoms with van der Waals surface area (Å²) >= 11 is 0. The van der Waals surface area contributed by atoms with E-state index in [1.165, 1.54) is 0 Å². The molecule has 7 nitrogen and oxygen atoms in total. The Labute approximate surface area is 111 Å². The van der Waals surface area contributed by atoms with Crippen molar-refractivity contribution in [2.24, 2.45) is 7.05 Å². The van der Waals surface area contributed by atoms with Crippen LogP contribution in [0.2, 0.25) is 0 Å². The fraction of sp³-hybridized carbons (Fsp3) is 0.364. The molecule has 0 spiro atoms. The number of hydrogen-bond acceptors (Lipinski definition) is 4. The number of hydrogen-bond donors (Lipinski definition) is 1. The average Bonchev–Trinajstić information content (AvgIpc) is 2.75. The van der Waals surface area contributed by atoms with E-state index >= 15 is 0 Å². The highest BCUT2D eigenvalue weighted by atomic mass is 32.2. The maximum absolute atomic E-state index is 10.6. The van der Waals surface area contributed by atoms with Gasteiger partial charge in [-0.1, -0.05) is 4.68 Å². The lowest BCUT2D eigenvalue weighted by Crippen LogP contribution is -2.38. The van der Waals surface area contributed by atoms with Gasteiger partial charge in [-0.2, -0.15) is 13.5 Å². The van der Waals surface area contributed by atoms with Crippen LogP contribution in [0.5, 0.6) is 0 Å². The fourth-order valence-corrected chi connectivity index (χ4v) is 2.23. The second kappa shape index (κ2) is 5.45. The van der Waals surface area contributed by atoms with Gasteiger partial charge in [0.05, 0.1) is 11.4 Å². The molecule has 2 aromatic heterocycles. The van der Waals surface area contributed by atoms with Gasteiger partial charge in [-0.3, -0.25) is 9.23 Å². The van der Waals surface area contributed by atoms with E-state index in [0.717, 1.165) is 11.3 Å². The maximum atomic E-state index is 10.6. The lowest BCUT2D eigenvalue weighted by molar-refractivity contribution is -0.753. The molecule has 1 N–H and O–H groups in total. The third-order valence-electron chi connectivity index (χ3n) is 2.68. The van der Waals surface area contributed by atoms with Crippen molar-refractivity contribution in [1.82, 2.24) is 14.9 Å². The van der Waals surface area contributed by atoms with Crippen LogP contribution in [-0.2, 0) is 23.7 Å². The lowest BCUT2D eigenvalue weighted by Gasteiger charge is -2.00. The summed E-state index contributed by atoms with van der Waals surface area (Å²) in [5.41, 5.74) is 1.89. The first-order chi connectivity index (χ1) is 8.96. The van der Waals surface area contributed by atoms with E-state index in [4.69, 9.17) is 4.55 Å². The molecule has 19 heavy (non-hydrogen) atoms. The molecule has 0 aromatic carbocycles. The van der Waals surface area contributed by atoms with E-state index in [2.05, 4.69) is 10.2 Å². The van der Waals surface area contributed by atoms with Gasteiger partial charge in [-0.05, 0) is 11.2 Å². The molecule has 0 aliphatic heterocycles. The molecule has 2 aromatic rings. The van der Waals surface area contributed by atoms with E-state index in [1.54, 1.807) is 28.0 Å². The number of rotatable bonds is 5. The van der Waals surface area contributed by atoms with E-state index in [1.807, 2.05) is 19.2 Å². The van der Waals surface area contributed by atoms with Crippen molar-refractivity contribution in [3.63, 3.8) is 0 Å². The molecule has 0 saturated carbocycles. The minimum Gasteiger partial charge on any atom is -0.286 e. The molecule has 102 valence electrons. The third-order valence-corrected chi connectivity index (χ3v) is 3.48. The SMILES string of the molecule is Cn1nccc1-c1cc[n+](CCCS(=O)(=O)O)nc1. The largest absolute Gasteiger partial charge is 0.286 e. The highest BCUT2D eigenvalue weighted by Crippen LogP contribution is 2.14. The zero-order valence-electron chi connectivity index (χ0n) is 10.5. The Hall–Kier alpha value is -1.80. The molecule has 0 saturated heterocycles. The number of aryl methyl sites for hydroxylation is 2. The summed E-state index contributed by atoms with van der Waals surface area (Å²) in [6, 6.07) is 3.77. The Balaban J connectivity index is 2.01. The normalized spacial score (nSPS) is 11.7. The van der Waals surface area contributed by atoms with Gasteiger partial charge in [0.1, 0.15) is 6.20 Å². The summed E-state index contributed by atoms with van der Waals surface area (Å²) in [4.78, 5) is 0. The first-order valence-electron chi connectivity index (χ1n) is 5.75. The van der Waals surface area contributed by atoms with Gasteiger partial charge in [0, 0.05) is 31.3 Å². The molecular formula is C11H15N4O3S+. The topological polar surface area (TPSA) is 89.0 Å².